The predicted octanol–water partition coefficient (Wildman–Crippen LogP) is 2.50. The first-order chi connectivity index (χ1) is 10.5. The number of nitrogens with zero attached hydrogens (tertiary/aromatic N) is 2. The Morgan fingerprint density at radius 2 is 1.86 bits per heavy atom. The number of aryl methyl sites for hydroxylation is 1. The summed E-state index contributed by atoms with van der Waals surface area (Å²) in [5, 5.41) is 3.52. The van der Waals surface area contributed by atoms with E-state index in [1.54, 1.807) is 13.0 Å². The van der Waals surface area contributed by atoms with Gasteiger partial charge in [0, 0.05) is 45.3 Å². The van der Waals surface area contributed by atoms with E-state index >= 15 is 0 Å². The summed E-state index contributed by atoms with van der Waals surface area (Å²) in [6.07, 6.45) is 0. The van der Waals surface area contributed by atoms with Crippen molar-refractivity contribution in [3.05, 3.63) is 35.1 Å². The Bertz CT molecular complexity index is 467. The summed E-state index contributed by atoms with van der Waals surface area (Å²) >= 11 is 0. The molecule has 0 amide bonds. The van der Waals surface area contributed by atoms with Crippen LogP contribution in [0.2, 0.25) is 0 Å². The van der Waals surface area contributed by atoms with Crippen molar-refractivity contribution in [2.45, 2.75) is 33.4 Å². The smallest absolute Gasteiger partial charge is 0.126 e. The fraction of sp³-hybridized carbons (Fsp3) is 0.667. The monoisotopic (exact) mass is 307 g/mol. The Labute approximate surface area is 134 Å². The van der Waals surface area contributed by atoms with Gasteiger partial charge < -0.3 is 10.2 Å². The Morgan fingerprint density at radius 3 is 2.45 bits per heavy atom. The number of piperazine rings is 1. The van der Waals surface area contributed by atoms with Crippen LogP contribution in [-0.2, 0) is 6.54 Å². The van der Waals surface area contributed by atoms with Gasteiger partial charge in [0.05, 0.1) is 0 Å². The van der Waals surface area contributed by atoms with Crippen LogP contribution in [0.25, 0.3) is 0 Å². The number of rotatable bonds is 6. The van der Waals surface area contributed by atoms with E-state index in [2.05, 4.69) is 36.0 Å². The van der Waals surface area contributed by atoms with Gasteiger partial charge in [0.2, 0.25) is 0 Å². The molecule has 1 aromatic carbocycles. The molecule has 1 aliphatic rings. The van der Waals surface area contributed by atoms with Gasteiger partial charge in [-0.05, 0) is 37.1 Å². The third-order valence-electron chi connectivity index (χ3n) is 4.70. The van der Waals surface area contributed by atoms with Crippen molar-refractivity contribution in [2.75, 3.05) is 39.8 Å². The van der Waals surface area contributed by atoms with Crippen molar-refractivity contribution in [3.63, 3.8) is 0 Å². The third kappa shape index (κ3) is 4.77. The summed E-state index contributed by atoms with van der Waals surface area (Å²) in [5.74, 6) is 0.504. The summed E-state index contributed by atoms with van der Waals surface area (Å²) in [4.78, 5) is 4.98. The van der Waals surface area contributed by atoms with Gasteiger partial charge in [-0.1, -0.05) is 26.0 Å². The highest BCUT2D eigenvalue weighted by molar-refractivity contribution is 5.23. The molecule has 0 spiro atoms. The largest absolute Gasteiger partial charge is 0.311 e. The molecule has 1 heterocycles. The number of nitrogens with one attached hydrogen (secondary N) is 1. The van der Waals surface area contributed by atoms with Crippen LogP contribution in [-0.4, -0.2) is 55.6 Å². The zero-order valence-corrected chi connectivity index (χ0v) is 14.4. The molecular weight excluding hydrogens is 277 g/mol. The van der Waals surface area contributed by atoms with Crippen molar-refractivity contribution < 1.29 is 4.39 Å². The zero-order chi connectivity index (χ0) is 16.1. The molecule has 4 heteroatoms. The summed E-state index contributed by atoms with van der Waals surface area (Å²) < 4.78 is 13.6. The van der Waals surface area contributed by atoms with Gasteiger partial charge in [-0.15, -0.1) is 0 Å². The van der Waals surface area contributed by atoms with Crippen molar-refractivity contribution in [1.29, 1.82) is 0 Å². The van der Waals surface area contributed by atoms with Crippen LogP contribution in [0, 0.1) is 18.7 Å². The fourth-order valence-electron chi connectivity index (χ4n) is 3.05. The van der Waals surface area contributed by atoms with E-state index in [4.69, 9.17) is 0 Å². The molecule has 1 N–H and O–H groups in total. The second kappa shape index (κ2) is 8.04. The topological polar surface area (TPSA) is 18.5 Å². The molecule has 22 heavy (non-hydrogen) atoms. The number of hydrogen-bond acceptors (Lipinski definition) is 3. The quantitative estimate of drug-likeness (QED) is 0.871. The van der Waals surface area contributed by atoms with Gasteiger partial charge in [0.1, 0.15) is 5.82 Å². The van der Waals surface area contributed by atoms with Crippen molar-refractivity contribution in [3.8, 4) is 0 Å². The van der Waals surface area contributed by atoms with E-state index in [-0.39, 0.29) is 5.82 Å². The molecular formula is C18H30FN3. The minimum atomic E-state index is -0.112. The van der Waals surface area contributed by atoms with E-state index in [1.807, 2.05) is 12.1 Å². The first-order valence-electron chi connectivity index (χ1n) is 8.35. The van der Waals surface area contributed by atoms with Crippen LogP contribution in [0.5, 0.6) is 0 Å². The summed E-state index contributed by atoms with van der Waals surface area (Å²) in [6.45, 7) is 12.6. The van der Waals surface area contributed by atoms with Crippen molar-refractivity contribution >= 4 is 0 Å². The molecule has 1 aromatic rings. The van der Waals surface area contributed by atoms with Gasteiger partial charge in [-0.3, -0.25) is 4.90 Å². The molecule has 0 radical (unpaired) electrons. The standard InChI is InChI=1S/C18H30FN3/c1-14(2)18(22-9-7-21(4)8-10-22)13-20-12-16-6-5-15(3)17(19)11-16/h5-6,11,14,18,20H,7-10,12-13H2,1-4H3. The molecule has 124 valence electrons. The molecule has 0 saturated carbocycles. The first-order valence-corrected chi connectivity index (χ1v) is 8.35. The average molecular weight is 307 g/mol. The highest BCUT2D eigenvalue weighted by atomic mass is 19.1. The van der Waals surface area contributed by atoms with E-state index in [0.29, 0.717) is 17.5 Å². The highest BCUT2D eigenvalue weighted by Gasteiger charge is 2.24. The maximum Gasteiger partial charge on any atom is 0.126 e. The second-order valence-electron chi connectivity index (χ2n) is 6.87. The maximum atomic E-state index is 13.6. The lowest BCUT2D eigenvalue weighted by atomic mass is 10.0. The molecule has 1 aliphatic heterocycles. The molecule has 0 aromatic heterocycles. The molecule has 0 aliphatic carbocycles. The number of halogens is 1. The minimum Gasteiger partial charge on any atom is -0.311 e. The minimum absolute atomic E-state index is 0.112. The van der Waals surface area contributed by atoms with Gasteiger partial charge in [-0.2, -0.15) is 0 Å². The molecule has 1 saturated heterocycles. The Hall–Kier alpha value is -0.970. The summed E-state index contributed by atoms with van der Waals surface area (Å²) in [6, 6.07) is 6.05. The van der Waals surface area contributed by atoms with Gasteiger partial charge in [-0.25, -0.2) is 4.39 Å². The lowest BCUT2D eigenvalue weighted by Crippen LogP contribution is -2.53. The Kier molecular flexibility index (Phi) is 6.36. The van der Waals surface area contributed by atoms with Crippen LogP contribution in [0.3, 0.4) is 0 Å². The molecule has 1 atom stereocenters. The third-order valence-corrected chi connectivity index (χ3v) is 4.70. The highest BCUT2D eigenvalue weighted by Crippen LogP contribution is 2.14. The Morgan fingerprint density at radius 1 is 1.18 bits per heavy atom. The van der Waals surface area contributed by atoms with Crippen molar-refractivity contribution in [1.82, 2.24) is 15.1 Å². The maximum absolute atomic E-state index is 13.6. The van der Waals surface area contributed by atoms with Crippen LogP contribution >= 0.6 is 0 Å². The van der Waals surface area contributed by atoms with E-state index < -0.39 is 0 Å². The van der Waals surface area contributed by atoms with Crippen LogP contribution in [0.1, 0.15) is 25.0 Å². The van der Waals surface area contributed by atoms with Crippen LogP contribution < -0.4 is 5.32 Å². The molecule has 2 rings (SSSR count). The molecule has 1 fully saturated rings. The number of likely N-dealkylation sites (N-methyl/N-ethyl adjacent to an activating group) is 1. The van der Waals surface area contributed by atoms with Crippen LogP contribution in [0.4, 0.5) is 4.39 Å². The van der Waals surface area contributed by atoms with Gasteiger partial charge in [0.25, 0.3) is 0 Å². The van der Waals surface area contributed by atoms with Gasteiger partial charge >= 0.3 is 0 Å². The summed E-state index contributed by atoms with van der Waals surface area (Å²) in [5.41, 5.74) is 1.73. The summed E-state index contributed by atoms with van der Waals surface area (Å²) in [7, 11) is 2.19. The van der Waals surface area contributed by atoms with Crippen molar-refractivity contribution in [2.24, 2.45) is 5.92 Å². The number of benzene rings is 1. The zero-order valence-electron chi connectivity index (χ0n) is 14.4. The average Bonchev–Trinajstić information content (AvgIpc) is 2.48. The first kappa shape index (κ1) is 17.4. The molecule has 1 unspecified atom stereocenters. The van der Waals surface area contributed by atoms with Crippen LogP contribution in [0.15, 0.2) is 18.2 Å². The predicted molar refractivity (Wildman–Crippen MR) is 90.5 cm³/mol. The van der Waals surface area contributed by atoms with E-state index in [0.717, 1.165) is 44.8 Å². The van der Waals surface area contributed by atoms with E-state index in [1.165, 1.54) is 0 Å². The Balaban J connectivity index is 1.85. The fourth-order valence-corrected chi connectivity index (χ4v) is 3.05. The lowest BCUT2D eigenvalue weighted by molar-refractivity contribution is 0.0875. The van der Waals surface area contributed by atoms with Gasteiger partial charge in [0.15, 0.2) is 0 Å². The molecule has 3 nitrogen and oxygen atoms in total. The number of hydrogen-bond donors (Lipinski definition) is 1. The SMILES string of the molecule is Cc1ccc(CNCC(C(C)C)N2CCN(C)CC2)cc1F. The lowest BCUT2D eigenvalue weighted by Gasteiger charge is -2.40. The molecule has 0 bridgehead atoms. The van der Waals surface area contributed by atoms with E-state index in [9.17, 15) is 4.39 Å². The second-order valence-corrected chi connectivity index (χ2v) is 6.87. The normalized spacial score (nSPS) is 18.8.